The topological polar surface area (TPSA) is 72.3 Å². The number of nitrogen functional groups attached to an aromatic ring is 1. The number of nitrogens with zero attached hydrogens (tertiary/aromatic N) is 1. The molecule has 0 aromatic heterocycles. The summed E-state index contributed by atoms with van der Waals surface area (Å²) in [6.45, 7) is 3.82. The highest BCUT2D eigenvalue weighted by atomic mass is 16.1. The van der Waals surface area contributed by atoms with E-state index in [0.29, 0.717) is 11.3 Å². The van der Waals surface area contributed by atoms with Crippen molar-refractivity contribution in [3.63, 3.8) is 0 Å². The number of anilines is 2. The van der Waals surface area contributed by atoms with Crippen molar-refractivity contribution >= 4 is 17.3 Å². The Morgan fingerprint density at radius 3 is 2.43 bits per heavy atom. The molecule has 0 aliphatic carbocycles. The van der Waals surface area contributed by atoms with Crippen LogP contribution in [0.15, 0.2) is 48.5 Å². The lowest BCUT2D eigenvalue weighted by atomic mass is 10.1. The van der Waals surface area contributed by atoms with E-state index in [0.717, 1.165) is 25.2 Å². The minimum Gasteiger partial charge on any atom is -0.397 e. The lowest BCUT2D eigenvalue weighted by molar-refractivity contribution is 0.100. The number of hydrogen-bond acceptors (Lipinski definition) is 3. The summed E-state index contributed by atoms with van der Waals surface area (Å²) < 4.78 is 0. The SMILES string of the molecule is CCCN(Cc1ccccc1)c1ccc(C(N)=O)cc1N. The Morgan fingerprint density at radius 1 is 1.14 bits per heavy atom. The Labute approximate surface area is 125 Å². The summed E-state index contributed by atoms with van der Waals surface area (Å²) in [6, 6.07) is 15.5. The van der Waals surface area contributed by atoms with Gasteiger partial charge in [-0.15, -0.1) is 0 Å². The first-order chi connectivity index (χ1) is 10.1. The maximum atomic E-state index is 11.2. The van der Waals surface area contributed by atoms with Crippen LogP contribution in [0.3, 0.4) is 0 Å². The monoisotopic (exact) mass is 283 g/mol. The zero-order valence-corrected chi connectivity index (χ0v) is 12.3. The summed E-state index contributed by atoms with van der Waals surface area (Å²) in [6.07, 6.45) is 1.02. The molecule has 110 valence electrons. The van der Waals surface area contributed by atoms with Crippen LogP contribution in [-0.4, -0.2) is 12.5 Å². The number of hydrogen-bond donors (Lipinski definition) is 2. The van der Waals surface area contributed by atoms with Crippen molar-refractivity contribution in [3.8, 4) is 0 Å². The molecule has 0 spiro atoms. The van der Waals surface area contributed by atoms with Crippen LogP contribution >= 0.6 is 0 Å². The highest BCUT2D eigenvalue weighted by Gasteiger charge is 2.11. The van der Waals surface area contributed by atoms with Gasteiger partial charge in [-0.05, 0) is 30.2 Å². The quantitative estimate of drug-likeness (QED) is 0.801. The number of carbonyl (C=O) groups is 1. The van der Waals surface area contributed by atoms with E-state index >= 15 is 0 Å². The van der Waals surface area contributed by atoms with Gasteiger partial charge in [-0.25, -0.2) is 0 Å². The zero-order valence-electron chi connectivity index (χ0n) is 12.3. The largest absolute Gasteiger partial charge is 0.397 e. The molecule has 0 heterocycles. The minimum absolute atomic E-state index is 0.437. The second-order valence-corrected chi connectivity index (χ2v) is 5.04. The Morgan fingerprint density at radius 2 is 1.86 bits per heavy atom. The first-order valence-corrected chi connectivity index (χ1v) is 7.10. The second kappa shape index (κ2) is 6.79. The van der Waals surface area contributed by atoms with E-state index in [1.54, 1.807) is 12.1 Å². The smallest absolute Gasteiger partial charge is 0.248 e. The Kier molecular flexibility index (Phi) is 4.82. The summed E-state index contributed by atoms with van der Waals surface area (Å²) >= 11 is 0. The molecule has 2 aromatic rings. The van der Waals surface area contributed by atoms with Crippen molar-refractivity contribution in [1.82, 2.24) is 0 Å². The summed E-state index contributed by atoms with van der Waals surface area (Å²) in [5, 5.41) is 0. The summed E-state index contributed by atoms with van der Waals surface area (Å²) in [5.41, 5.74) is 14.6. The number of rotatable bonds is 6. The third-order valence-electron chi connectivity index (χ3n) is 3.36. The lowest BCUT2D eigenvalue weighted by Crippen LogP contribution is -2.24. The van der Waals surface area contributed by atoms with Gasteiger partial charge in [-0.1, -0.05) is 37.3 Å². The molecular formula is C17H21N3O. The van der Waals surface area contributed by atoms with Crippen LogP contribution in [0.2, 0.25) is 0 Å². The van der Waals surface area contributed by atoms with E-state index in [2.05, 4.69) is 24.0 Å². The molecule has 4 heteroatoms. The van der Waals surface area contributed by atoms with E-state index in [4.69, 9.17) is 11.5 Å². The van der Waals surface area contributed by atoms with Gasteiger partial charge in [0.15, 0.2) is 0 Å². The van der Waals surface area contributed by atoms with E-state index < -0.39 is 5.91 Å². The lowest BCUT2D eigenvalue weighted by Gasteiger charge is -2.26. The normalized spacial score (nSPS) is 10.3. The van der Waals surface area contributed by atoms with Crippen molar-refractivity contribution in [3.05, 3.63) is 59.7 Å². The van der Waals surface area contributed by atoms with Gasteiger partial charge >= 0.3 is 0 Å². The molecule has 1 amide bonds. The number of nitrogens with two attached hydrogens (primary N) is 2. The maximum absolute atomic E-state index is 11.2. The fraction of sp³-hybridized carbons (Fsp3) is 0.235. The first-order valence-electron chi connectivity index (χ1n) is 7.10. The Bertz CT molecular complexity index is 611. The van der Waals surface area contributed by atoms with Crippen LogP contribution in [0.25, 0.3) is 0 Å². The van der Waals surface area contributed by atoms with Gasteiger partial charge in [0.2, 0.25) is 5.91 Å². The van der Waals surface area contributed by atoms with Crippen LogP contribution in [0.4, 0.5) is 11.4 Å². The Balaban J connectivity index is 2.27. The maximum Gasteiger partial charge on any atom is 0.248 e. The van der Waals surface area contributed by atoms with Gasteiger partial charge in [0.1, 0.15) is 0 Å². The Hall–Kier alpha value is -2.49. The predicted molar refractivity (Wildman–Crippen MR) is 87.2 cm³/mol. The molecule has 2 rings (SSSR count). The molecule has 0 fully saturated rings. The molecule has 4 nitrogen and oxygen atoms in total. The third-order valence-corrected chi connectivity index (χ3v) is 3.36. The third kappa shape index (κ3) is 3.75. The van der Waals surface area contributed by atoms with Crippen LogP contribution in [0.5, 0.6) is 0 Å². The van der Waals surface area contributed by atoms with Gasteiger partial charge in [0.25, 0.3) is 0 Å². The van der Waals surface area contributed by atoms with Gasteiger partial charge in [0, 0.05) is 18.7 Å². The van der Waals surface area contributed by atoms with E-state index in [-0.39, 0.29) is 0 Å². The number of benzene rings is 2. The number of carbonyl (C=O) groups excluding carboxylic acids is 1. The van der Waals surface area contributed by atoms with Crippen molar-refractivity contribution in [2.45, 2.75) is 19.9 Å². The molecule has 0 aliphatic rings. The minimum atomic E-state index is -0.460. The van der Waals surface area contributed by atoms with Crippen molar-refractivity contribution in [1.29, 1.82) is 0 Å². The number of amides is 1. The molecule has 0 saturated heterocycles. The molecule has 0 bridgehead atoms. The van der Waals surface area contributed by atoms with E-state index in [9.17, 15) is 4.79 Å². The first kappa shape index (κ1) is 14.9. The average Bonchev–Trinajstić information content (AvgIpc) is 2.48. The average molecular weight is 283 g/mol. The molecule has 21 heavy (non-hydrogen) atoms. The van der Waals surface area contributed by atoms with Crippen LogP contribution in [0.1, 0.15) is 29.3 Å². The standard InChI is InChI=1S/C17H21N3O/c1-2-10-20(12-13-6-4-3-5-7-13)16-9-8-14(17(19)21)11-15(16)18/h3-9,11H,2,10,12,18H2,1H3,(H2,19,21). The molecule has 0 atom stereocenters. The predicted octanol–water partition coefficient (Wildman–Crippen LogP) is 2.78. The van der Waals surface area contributed by atoms with Crippen LogP contribution in [-0.2, 0) is 6.54 Å². The fourth-order valence-corrected chi connectivity index (χ4v) is 2.35. The van der Waals surface area contributed by atoms with Crippen LogP contribution < -0.4 is 16.4 Å². The molecule has 2 aromatic carbocycles. The summed E-state index contributed by atoms with van der Waals surface area (Å²) in [7, 11) is 0. The van der Waals surface area contributed by atoms with Crippen molar-refractivity contribution in [2.75, 3.05) is 17.2 Å². The van der Waals surface area contributed by atoms with Gasteiger partial charge in [-0.2, -0.15) is 0 Å². The molecule has 0 aliphatic heterocycles. The number of primary amides is 1. The highest BCUT2D eigenvalue weighted by molar-refractivity contribution is 5.94. The molecule has 0 saturated carbocycles. The highest BCUT2D eigenvalue weighted by Crippen LogP contribution is 2.26. The summed E-state index contributed by atoms with van der Waals surface area (Å²) in [4.78, 5) is 13.4. The van der Waals surface area contributed by atoms with E-state index in [1.807, 2.05) is 24.3 Å². The second-order valence-electron chi connectivity index (χ2n) is 5.04. The van der Waals surface area contributed by atoms with E-state index in [1.165, 1.54) is 5.56 Å². The van der Waals surface area contributed by atoms with Gasteiger partial charge in [0.05, 0.1) is 11.4 Å². The zero-order chi connectivity index (χ0) is 15.2. The van der Waals surface area contributed by atoms with Crippen molar-refractivity contribution in [2.24, 2.45) is 5.73 Å². The van der Waals surface area contributed by atoms with Gasteiger partial charge in [-0.3, -0.25) is 4.79 Å². The molecule has 0 radical (unpaired) electrons. The van der Waals surface area contributed by atoms with Crippen molar-refractivity contribution < 1.29 is 4.79 Å². The van der Waals surface area contributed by atoms with Crippen LogP contribution in [0, 0.1) is 0 Å². The summed E-state index contributed by atoms with van der Waals surface area (Å²) in [5.74, 6) is -0.460. The molecule has 4 N–H and O–H groups in total. The van der Waals surface area contributed by atoms with Gasteiger partial charge < -0.3 is 16.4 Å². The molecule has 0 unspecified atom stereocenters. The fourth-order valence-electron chi connectivity index (χ4n) is 2.35. The molecular weight excluding hydrogens is 262 g/mol.